The Morgan fingerprint density at radius 2 is 1.90 bits per heavy atom. The predicted octanol–water partition coefficient (Wildman–Crippen LogP) is 1.97. The maximum atomic E-state index is 12.7. The molecular formula is C15H24N2O3S. The third kappa shape index (κ3) is 3.75. The van der Waals surface area contributed by atoms with Crippen LogP contribution in [0.15, 0.2) is 29.2 Å². The van der Waals surface area contributed by atoms with E-state index < -0.39 is 10.0 Å². The topological polar surface area (TPSA) is 72.6 Å². The first-order valence-electron chi connectivity index (χ1n) is 7.35. The van der Waals surface area contributed by atoms with E-state index in [4.69, 9.17) is 10.5 Å². The van der Waals surface area contributed by atoms with Crippen molar-refractivity contribution in [3.63, 3.8) is 0 Å². The van der Waals surface area contributed by atoms with Gasteiger partial charge in [-0.3, -0.25) is 0 Å². The molecule has 2 unspecified atom stereocenters. The highest BCUT2D eigenvalue weighted by molar-refractivity contribution is 7.89. The molecule has 0 bridgehead atoms. The van der Waals surface area contributed by atoms with Crippen molar-refractivity contribution in [2.75, 3.05) is 6.54 Å². The van der Waals surface area contributed by atoms with Crippen LogP contribution in [0.4, 0.5) is 0 Å². The van der Waals surface area contributed by atoms with Gasteiger partial charge >= 0.3 is 0 Å². The minimum atomic E-state index is -3.46. The summed E-state index contributed by atoms with van der Waals surface area (Å²) in [6, 6.07) is 6.64. The number of nitrogens with zero attached hydrogens (tertiary/aromatic N) is 1. The second-order valence-electron chi connectivity index (χ2n) is 5.89. The lowest BCUT2D eigenvalue weighted by Crippen LogP contribution is -2.48. The lowest BCUT2D eigenvalue weighted by Gasteiger charge is -2.35. The second-order valence-corrected chi connectivity index (χ2v) is 7.78. The van der Waals surface area contributed by atoms with E-state index in [1.54, 1.807) is 28.6 Å². The molecule has 1 aromatic carbocycles. The lowest BCUT2D eigenvalue weighted by atomic mass is 10.0. The summed E-state index contributed by atoms with van der Waals surface area (Å²) in [7, 11) is -3.46. The number of hydrogen-bond donors (Lipinski definition) is 1. The van der Waals surface area contributed by atoms with E-state index in [1.807, 2.05) is 20.8 Å². The van der Waals surface area contributed by atoms with Crippen LogP contribution in [0.5, 0.6) is 5.75 Å². The molecule has 1 aromatic rings. The van der Waals surface area contributed by atoms with Crippen molar-refractivity contribution in [2.45, 2.75) is 56.7 Å². The van der Waals surface area contributed by atoms with Crippen LogP contribution < -0.4 is 10.5 Å². The van der Waals surface area contributed by atoms with Crippen LogP contribution in [0.1, 0.15) is 33.6 Å². The van der Waals surface area contributed by atoms with Crippen molar-refractivity contribution < 1.29 is 13.2 Å². The number of ether oxygens (including phenoxy) is 1. The maximum Gasteiger partial charge on any atom is 0.243 e. The average molecular weight is 312 g/mol. The summed E-state index contributed by atoms with van der Waals surface area (Å²) >= 11 is 0. The molecule has 0 amide bonds. The third-order valence-electron chi connectivity index (χ3n) is 3.66. The van der Waals surface area contributed by atoms with E-state index in [0.717, 1.165) is 0 Å². The number of nitrogens with two attached hydrogens (primary N) is 1. The van der Waals surface area contributed by atoms with E-state index in [2.05, 4.69) is 0 Å². The van der Waals surface area contributed by atoms with E-state index in [1.165, 1.54) is 0 Å². The number of benzene rings is 1. The van der Waals surface area contributed by atoms with Crippen LogP contribution >= 0.6 is 0 Å². The molecule has 1 saturated heterocycles. The van der Waals surface area contributed by atoms with E-state index in [0.29, 0.717) is 30.0 Å². The zero-order valence-electron chi connectivity index (χ0n) is 12.8. The quantitative estimate of drug-likeness (QED) is 0.922. The van der Waals surface area contributed by atoms with Crippen LogP contribution in [0, 0.1) is 0 Å². The molecule has 1 aliphatic rings. The van der Waals surface area contributed by atoms with Crippen LogP contribution in [-0.4, -0.2) is 37.5 Å². The summed E-state index contributed by atoms with van der Waals surface area (Å²) in [6.45, 7) is 6.26. The highest BCUT2D eigenvalue weighted by Gasteiger charge is 2.33. The van der Waals surface area contributed by atoms with Gasteiger partial charge in [-0.2, -0.15) is 4.31 Å². The zero-order valence-corrected chi connectivity index (χ0v) is 13.6. The van der Waals surface area contributed by atoms with Gasteiger partial charge in [0.15, 0.2) is 0 Å². The van der Waals surface area contributed by atoms with Crippen molar-refractivity contribution in [3.8, 4) is 5.75 Å². The smallest absolute Gasteiger partial charge is 0.243 e. The monoisotopic (exact) mass is 312 g/mol. The first-order chi connectivity index (χ1) is 9.80. The summed E-state index contributed by atoms with van der Waals surface area (Å²) < 4.78 is 32.5. The normalized spacial score (nSPS) is 24.2. The average Bonchev–Trinajstić information content (AvgIpc) is 2.38. The van der Waals surface area contributed by atoms with E-state index in [-0.39, 0.29) is 18.2 Å². The summed E-state index contributed by atoms with van der Waals surface area (Å²) in [6.07, 6.45) is 1.47. The van der Waals surface area contributed by atoms with Crippen molar-refractivity contribution in [1.29, 1.82) is 0 Å². The Balaban J connectivity index is 2.19. The standard InChI is InChI=1S/C15H24N2O3S/c1-11(2)20-14-4-6-15(7-5-14)21(18,19)17-9-8-13(16)10-12(17)3/h4-7,11-13H,8-10,16H2,1-3H3. The van der Waals surface area contributed by atoms with Gasteiger partial charge in [0.1, 0.15) is 5.75 Å². The second kappa shape index (κ2) is 6.34. The van der Waals surface area contributed by atoms with Gasteiger partial charge in [0.2, 0.25) is 10.0 Å². The van der Waals surface area contributed by atoms with Crippen molar-refractivity contribution >= 4 is 10.0 Å². The fourth-order valence-corrected chi connectivity index (χ4v) is 4.30. The highest BCUT2D eigenvalue weighted by Crippen LogP contribution is 2.26. The van der Waals surface area contributed by atoms with Crippen LogP contribution in [0.3, 0.4) is 0 Å². The van der Waals surface area contributed by atoms with E-state index in [9.17, 15) is 8.42 Å². The molecule has 21 heavy (non-hydrogen) atoms. The number of piperidine rings is 1. The van der Waals surface area contributed by atoms with Gasteiger partial charge in [0, 0.05) is 18.6 Å². The van der Waals surface area contributed by atoms with Crippen LogP contribution in [-0.2, 0) is 10.0 Å². The highest BCUT2D eigenvalue weighted by atomic mass is 32.2. The molecule has 0 aromatic heterocycles. The SMILES string of the molecule is CC(C)Oc1ccc(S(=O)(=O)N2CCC(N)CC2C)cc1. The first-order valence-corrected chi connectivity index (χ1v) is 8.79. The van der Waals surface area contributed by atoms with Crippen LogP contribution in [0.2, 0.25) is 0 Å². The molecule has 6 heteroatoms. The summed E-state index contributed by atoms with van der Waals surface area (Å²) in [5, 5.41) is 0. The lowest BCUT2D eigenvalue weighted by molar-refractivity contribution is 0.242. The zero-order chi connectivity index (χ0) is 15.6. The summed E-state index contributed by atoms with van der Waals surface area (Å²) in [4.78, 5) is 0.306. The Kier molecular flexibility index (Phi) is 4.91. The molecule has 5 nitrogen and oxygen atoms in total. The first kappa shape index (κ1) is 16.3. The molecular weight excluding hydrogens is 288 g/mol. The Morgan fingerprint density at radius 1 is 1.29 bits per heavy atom. The number of rotatable bonds is 4. The van der Waals surface area contributed by atoms with Gasteiger partial charge in [0.25, 0.3) is 0 Å². The Morgan fingerprint density at radius 3 is 2.43 bits per heavy atom. The molecule has 1 heterocycles. The Bertz CT molecular complexity index is 569. The van der Waals surface area contributed by atoms with Crippen LogP contribution in [0.25, 0.3) is 0 Å². The Hall–Kier alpha value is -1.11. The molecule has 2 rings (SSSR count). The molecule has 0 spiro atoms. The molecule has 1 aliphatic heterocycles. The molecule has 118 valence electrons. The van der Waals surface area contributed by atoms with Crippen molar-refractivity contribution in [1.82, 2.24) is 4.31 Å². The van der Waals surface area contributed by atoms with Gasteiger partial charge in [-0.25, -0.2) is 8.42 Å². The van der Waals surface area contributed by atoms with E-state index >= 15 is 0 Å². The predicted molar refractivity (Wildman–Crippen MR) is 82.8 cm³/mol. The largest absolute Gasteiger partial charge is 0.491 e. The van der Waals surface area contributed by atoms with Gasteiger partial charge in [0.05, 0.1) is 11.0 Å². The van der Waals surface area contributed by atoms with Gasteiger partial charge < -0.3 is 10.5 Å². The number of hydrogen-bond acceptors (Lipinski definition) is 4. The number of sulfonamides is 1. The third-order valence-corrected chi connectivity index (χ3v) is 5.69. The summed E-state index contributed by atoms with van der Waals surface area (Å²) in [5.74, 6) is 0.678. The van der Waals surface area contributed by atoms with Gasteiger partial charge in [-0.05, 0) is 57.9 Å². The fraction of sp³-hybridized carbons (Fsp3) is 0.600. The molecule has 1 fully saturated rings. The van der Waals surface area contributed by atoms with Gasteiger partial charge in [-0.15, -0.1) is 0 Å². The molecule has 2 N–H and O–H groups in total. The molecule has 2 atom stereocenters. The Labute approximate surface area is 127 Å². The van der Waals surface area contributed by atoms with Crippen molar-refractivity contribution in [2.24, 2.45) is 5.73 Å². The minimum Gasteiger partial charge on any atom is -0.491 e. The molecule has 0 saturated carbocycles. The molecule has 0 aliphatic carbocycles. The summed E-state index contributed by atoms with van der Waals surface area (Å²) in [5.41, 5.74) is 5.90. The maximum absolute atomic E-state index is 12.7. The molecule has 0 radical (unpaired) electrons. The minimum absolute atomic E-state index is 0.0645. The van der Waals surface area contributed by atoms with Gasteiger partial charge in [-0.1, -0.05) is 0 Å². The van der Waals surface area contributed by atoms with Crippen molar-refractivity contribution in [3.05, 3.63) is 24.3 Å². The fourth-order valence-electron chi connectivity index (χ4n) is 2.64.